The van der Waals surface area contributed by atoms with Crippen molar-refractivity contribution in [3.05, 3.63) is 65.7 Å². The molecule has 1 heterocycles. The van der Waals surface area contributed by atoms with Gasteiger partial charge in [0.25, 0.3) is 5.91 Å². The monoisotopic (exact) mass is 349 g/mol. The van der Waals surface area contributed by atoms with E-state index >= 15 is 0 Å². The highest BCUT2D eigenvalue weighted by atomic mass is 19.4. The fraction of sp³-hybridized carbons (Fsp3) is 0.0588. The van der Waals surface area contributed by atoms with Crippen molar-refractivity contribution in [1.29, 1.82) is 0 Å². The molecule has 0 saturated carbocycles. The summed E-state index contributed by atoms with van der Waals surface area (Å²) in [6.45, 7) is 0. The summed E-state index contributed by atoms with van der Waals surface area (Å²) in [7, 11) is 0. The molecule has 128 valence electrons. The first-order valence-corrected chi connectivity index (χ1v) is 7.02. The van der Waals surface area contributed by atoms with Crippen LogP contribution >= 0.6 is 0 Å². The molecule has 0 atom stereocenters. The molecule has 0 saturated heterocycles. The van der Waals surface area contributed by atoms with Gasteiger partial charge in [-0.1, -0.05) is 18.2 Å². The van der Waals surface area contributed by atoms with Crippen LogP contribution in [0.5, 0.6) is 5.75 Å². The molecular weight excluding hydrogens is 339 g/mol. The van der Waals surface area contributed by atoms with E-state index in [4.69, 9.17) is 4.74 Å². The summed E-state index contributed by atoms with van der Waals surface area (Å²) < 4.78 is 45.0. The third kappa shape index (κ3) is 3.97. The number of alkyl halides is 3. The summed E-state index contributed by atoms with van der Waals surface area (Å²) in [5.41, 5.74) is 1.11. The van der Waals surface area contributed by atoms with Crippen molar-refractivity contribution in [3.8, 4) is 5.75 Å². The minimum absolute atomic E-state index is 0.107. The molecule has 1 aliphatic heterocycles. The number of benzene rings is 2. The van der Waals surface area contributed by atoms with Gasteiger partial charge in [-0.2, -0.15) is 0 Å². The Morgan fingerprint density at radius 1 is 1.04 bits per heavy atom. The molecule has 0 unspecified atom stereocenters. The molecule has 0 spiro atoms. The Balaban J connectivity index is 1.70. The van der Waals surface area contributed by atoms with E-state index in [9.17, 15) is 22.8 Å². The zero-order valence-corrected chi connectivity index (χ0v) is 12.5. The van der Waals surface area contributed by atoms with Crippen LogP contribution in [0.2, 0.25) is 0 Å². The highest BCUT2D eigenvalue weighted by Gasteiger charge is 2.31. The summed E-state index contributed by atoms with van der Waals surface area (Å²) in [6.07, 6.45) is -3.68. The normalized spacial score (nSPS) is 14.8. The van der Waals surface area contributed by atoms with Gasteiger partial charge in [-0.15, -0.1) is 13.2 Å². The Bertz CT molecular complexity index is 857. The smallest absolute Gasteiger partial charge is 0.422 e. The molecule has 1 aliphatic rings. The molecule has 25 heavy (non-hydrogen) atoms. The van der Waals surface area contributed by atoms with Crippen LogP contribution in [0.4, 0.5) is 18.9 Å². The van der Waals surface area contributed by atoms with Crippen LogP contribution < -0.4 is 10.1 Å². The first-order chi connectivity index (χ1) is 11.8. The van der Waals surface area contributed by atoms with E-state index in [0.717, 1.165) is 18.2 Å². The largest absolute Gasteiger partial charge is 0.573 e. The number of hydrogen-bond donors (Lipinski definition) is 1. The first-order valence-electron chi connectivity index (χ1n) is 7.02. The summed E-state index contributed by atoms with van der Waals surface area (Å²) in [5, 5.41) is 2.46. The van der Waals surface area contributed by atoms with E-state index in [0.29, 0.717) is 11.1 Å². The van der Waals surface area contributed by atoms with Gasteiger partial charge in [0.15, 0.2) is 0 Å². The van der Waals surface area contributed by atoms with E-state index in [1.165, 1.54) is 12.1 Å². The molecule has 1 amide bonds. The fourth-order valence-corrected chi connectivity index (χ4v) is 2.23. The molecule has 0 fully saturated rings. The average Bonchev–Trinajstić information content (AvgIpc) is 2.84. The molecule has 0 radical (unpaired) electrons. The molecule has 0 bridgehead atoms. The van der Waals surface area contributed by atoms with Gasteiger partial charge in [0.2, 0.25) is 0 Å². The third-order valence-electron chi connectivity index (χ3n) is 3.23. The van der Waals surface area contributed by atoms with Gasteiger partial charge in [0.1, 0.15) is 11.5 Å². The number of amides is 1. The van der Waals surface area contributed by atoms with Crippen molar-refractivity contribution >= 4 is 23.3 Å². The maximum absolute atomic E-state index is 12.1. The summed E-state index contributed by atoms with van der Waals surface area (Å²) in [6, 6.07) is 11.2. The van der Waals surface area contributed by atoms with Gasteiger partial charge in [0, 0.05) is 17.3 Å². The van der Waals surface area contributed by atoms with Crippen molar-refractivity contribution in [2.24, 2.45) is 0 Å². The van der Waals surface area contributed by atoms with Crippen molar-refractivity contribution in [1.82, 2.24) is 0 Å². The number of cyclic esters (lactones) is 1. The number of nitrogens with one attached hydrogen (secondary N) is 1. The lowest BCUT2D eigenvalue weighted by Crippen LogP contribution is -2.17. The maximum Gasteiger partial charge on any atom is 0.573 e. The molecule has 2 aromatic rings. The number of esters is 1. The molecule has 5 nitrogen and oxygen atoms in total. The topological polar surface area (TPSA) is 64.6 Å². The van der Waals surface area contributed by atoms with E-state index in [1.54, 1.807) is 24.3 Å². The van der Waals surface area contributed by atoms with Crippen molar-refractivity contribution in [2.45, 2.75) is 6.36 Å². The SMILES string of the molecule is O=C(C=C1OC(=O)c2ccccc21)Nc1ccc(OC(F)(F)F)cc1. The molecule has 8 heteroatoms. The second-order valence-corrected chi connectivity index (χ2v) is 5.01. The summed E-state index contributed by atoms with van der Waals surface area (Å²) in [4.78, 5) is 23.7. The lowest BCUT2D eigenvalue weighted by Gasteiger charge is -2.09. The number of anilines is 1. The van der Waals surface area contributed by atoms with Crippen LogP contribution in [-0.2, 0) is 9.53 Å². The van der Waals surface area contributed by atoms with Crippen LogP contribution in [0, 0.1) is 0 Å². The number of rotatable bonds is 3. The number of carbonyl (C=O) groups is 2. The molecule has 0 aliphatic carbocycles. The van der Waals surface area contributed by atoms with Crippen LogP contribution in [0.25, 0.3) is 5.76 Å². The predicted octanol–water partition coefficient (Wildman–Crippen LogP) is 3.74. The Morgan fingerprint density at radius 2 is 1.68 bits per heavy atom. The molecule has 3 rings (SSSR count). The molecule has 2 aromatic carbocycles. The van der Waals surface area contributed by atoms with Crippen LogP contribution in [0.3, 0.4) is 0 Å². The maximum atomic E-state index is 12.1. The van der Waals surface area contributed by atoms with Crippen LogP contribution in [0.15, 0.2) is 54.6 Å². The second-order valence-electron chi connectivity index (χ2n) is 5.01. The van der Waals surface area contributed by atoms with Gasteiger partial charge in [-0.3, -0.25) is 4.79 Å². The Morgan fingerprint density at radius 3 is 2.32 bits per heavy atom. The first kappa shape index (κ1) is 16.6. The number of fused-ring (bicyclic) bond motifs is 1. The van der Waals surface area contributed by atoms with Gasteiger partial charge in [0.05, 0.1) is 5.56 Å². The number of halogens is 3. The number of hydrogen-bond acceptors (Lipinski definition) is 4. The molecule has 1 N–H and O–H groups in total. The average molecular weight is 349 g/mol. The Labute approximate surface area is 139 Å². The minimum atomic E-state index is -4.78. The van der Waals surface area contributed by atoms with E-state index in [1.807, 2.05) is 0 Å². The van der Waals surface area contributed by atoms with Crippen molar-refractivity contribution < 1.29 is 32.2 Å². The zero-order valence-electron chi connectivity index (χ0n) is 12.5. The van der Waals surface area contributed by atoms with Gasteiger partial charge >= 0.3 is 12.3 Å². The van der Waals surface area contributed by atoms with E-state index < -0.39 is 24.0 Å². The fourth-order valence-electron chi connectivity index (χ4n) is 2.23. The lowest BCUT2D eigenvalue weighted by atomic mass is 10.1. The second kappa shape index (κ2) is 6.31. The minimum Gasteiger partial charge on any atom is -0.422 e. The number of carbonyl (C=O) groups excluding carboxylic acids is 2. The Kier molecular flexibility index (Phi) is 4.18. The molecule has 0 aromatic heterocycles. The lowest BCUT2D eigenvalue weighted by molar-refractivity contribution is -0.274. The predicted molar refractivity (Wildman–Crippen MR) is 81.6 cm³/mol. The standard InChI is InChI=1S/C17H10F3NO4/c18-17(19,20)25-11-7-5-10(6-8-11)21-15(22)9-14-12-3-1-2-4-13(12)16(23)24-14/h1-9H,(H,21,22). The quantitative estimate of drug-likeness (QED) is 0.677. The summed E-state index contributed by atoms with van der Waals surface area (Å²) in [5.74, 6) is -1.44. The van der Waals surface area contributed by atoms with Crippen molar-refractivity contribution in [3.63, 3.8) is 0 Å². The highest BCUT2D eigenvalue weighted by molar-refractivity contribution is 6.09. The van der Waals surface area contributed by atoms with E-state index in [2.05, 4.69) is 10.1 Å². The third-order valence-corrected chi connectivity index (χ3v) is 3.23. The van der Waals surface area contributed by atoms with Gasteiger partial charge in [-0.25, -0.2) is 4.79 Å². The zero-order chi connectivity index (χ0) is 18.0. The van der Waals surface area contributed by atoms with Crippen LogP contribution in [-0.4, -0.2) is 18.2 Å². The number of ether oxygens (including phenoxy) is 2. The van der Waals surface area contributed by atoms with E-state index in [-0.39, 0.29) is 11.4 Å². The van der Waals surface area contributed by atoms with Gasteiger partial charge < -0.3 is 14.8 Å². The van der Waals surface area contributed by atoms with Crippen molar-refractivity contribution in [2.75, 3.05) is 5.32 Å². The highest BCUT2D eigenvalue weighted by Crippen LogP contribution is 2.29. The van der Waals surface area contributed by atoms with Gasteiger partial charge in [-0.05, 0) is 30.3 Å². The Hall–Kier alpha value is -3.29. The summed E-state index contributed by atoms with van der Waals surface area (Å²) >= 11 is 0. The van der Waals surface area contributed by atoms with Crippen LogP contribution in [0.1, 0.15) is 15.9 Å². The molecular formula is C17H10F3NO4.